The van der Waals surface area contributed by atoms with Gasteiger partial charge in [-0.2, -0.15) is 0 Å². The zero-order chi connectivity index (χ0) is 14.4. The van der Waals surface area contributed by atoms with Crippen molar-refractivity contribution in [1.29, 1.82) is 0 Å². The van der Waals surface area contributed by atoms with E-state index >= 15 is 0 Å². The summed E-state index contributed by atoms with van der Waals surface area (Å²) in [6.07, 6.45) is 2.55. The Bertz CT molecular complexity index is 407. The lowest BCUT2D eigenvalue weighted by Gasteiger charge is -2.30. The number of halogens is 1. The highest BCUT2D eigenvalue weighted by Crippen LogP contribution is 2.15. The summed E-state index contributed by atoms with van der Waals surface area (Å²) in [6, 6.07) is 7.34. The van der Waals surface area contributed by atoms with Crippen LogP contribution < -0.4 is 0 Å². The first-order chi connectivity index (χ1) is 9.70. The molecule has 1 atom stereocenters. The Morgan fingerprint density at radius 3 is 2.65 bits per heavy atom. The van der Waals surface area contributed by atoms with Crippen LogP contribution in [-0.2, 0) is 6.54 Å². The molecule has 0 aliphatic carbocycles. The maximum Gasteiger partial charge on any atom is 0.127 e. The molecule has 0 aromatic heterocycles. The summed E-state index contributed by atoms with van der Waals surface area (Å²) in [4.78, 5) is 4.62. The molecule has 1 aromatic carbocycles. The Balaban J connectivity index is 1.94. The lowest BCUT2D eigenvalue weighted by atomic mass is 10.2. The van der Waals surface area contributed by atoms with E-state index in [1.807, 2.05) is 12.1 Å². The van der Waals surface area contributed by atoms with E-state index in [4.69, 9.17) is 0 Å². The molecule has 1 aliphatic rings. The quantitative estimate of drug-likeness (QED) is 0.828. The number of nitrogens with zero attached hydrogens (tertiary/aromatic N) is 2. The average molecular weight is 280 g/mol. The molecule has 1 saturated heterocycles. The van der Waals surface area contributed by atoms with Crippen molar-refractivity contribution in [2.45, 2.75) is 32.4 Å². The minimum absolute atomic E-state index is 0.112. The molecular weight excluding hydrogens is 255 g/mol. The van der Waals surface area contributed by atoms with Crippen LogP contribution in [0, 0.1) is 5.82 Å². The van der Waals surface area contributed by atoms with Crippen molar-refractivity contribution in [3.63, 3.8) is 0 Å². The second-order valence-corrected chi connectivity index (χ2v) is 5.64. The van der Waals surface area contributed by atoms with E-state index in [9.17, 15) is 9.50 Å². The Hall–Kier alpha value is -0.970. The molecule has 0 amide bonds. The Kier molecular flexibility index (Phi) is 5.95. The molecule has 1 aliphatic heterocycles. The van der Waals surface area contributed by atoms with Crippen LogP contribution in [0.4, 0.5) is 4.39 Å². The number of rotatable bonds is 7. The first kappa shape index (κ1) is 15.4. The van der Waals surface area contributed by atoms with Gasteiger partial charge in [-0.3, -0.25) is 9.80 Å². The molecule has 0 unspecified atom stereocenters. The SMILES string of the molecule is C[C@H](CN(CCO)Cc1ccccc1F)N1CCCC1. The van der Waals surface area contributed by atoms with Gasteiger partial charge in [-0.1, -0.05) is 18.2 Å². The summed E-state index contributed by atoms with van der Waals surface area (Å²) < 4.78 is 13.7. The maximum atomic E-state index is 13.7. The van der Waals surface area contributed by atoms with Gasteiger partial charge in [0.25, 0.3) is 0 Å². The fourth-order valence-electron chi connectivity index (χ4n) is 2.92. The van der Waals surface area contributed by atoms with Gasteiger partial charge < -0.3 is 5.11 Å². The summed E-state index contributed by atoms with van der Waals surface area (Å²) in [7, 11) is 0. The van der Waals surface area contributed by atoms with E-state index in [2.05, 4.69) is 16.7 Å². The molecule has 0 spiro atoms. The largest absolute Gasteiger partial charge is 0.395 e. The third-order valence-electron chi connectivity index (χ3n) is 4.05. The molecule has 1 heterocycles. The first-order valence-electron chi connectivity index (χ1n) is 7.51. The van der Waals surface area contributed by atoms with E-state index < -0.39 is 0 Å². The van der Waals surface area contributed by atoms with Crippen LogP contribution in [0.15, 0.2) is 24.3 Å². The molecule has 1 N–H and O–H groups in total. The van der Waals surface area contributed by atoms with Crippen LogP contribution in [0.5, 0.6) is 0 Å². The van der Waals surface area contributed by atoms with Crippen molar-refractivity contribution in [3.05, 3.63) is 35.6 Å². The van der Waals surface area contributed by atoms with Gasteiger partial charge in [0.05, 0.1) is 6.61 Å². The standard InChI is InChI=1S/C16H25FN2O/c1-14(19-8-4-5-9-19)12-18(10-11-20)13-15-6-2-3-7-16(15)17/h2-3,6-7,14,20H,4-5,8-13H2,1H3/t14-/m1/s1. The Morgan fingerprint density at radius 2 is 2.00 bits per heavy atom. The van der Waals surface area contributed by atoms with Crippen LogP contribution in [0.3, 0.4) is 0 Å². The van der Waals surface area contributed by atoms with E-state index in [1.165, 1.54) is 18.9 Å². The molecule has 0 radical (unpaired) electrons. The van der Waals surface area contributed by atoms with Crippen molar-refractivity contribution in [2.75, 3.05) is 32.8 Å². The number of hydrogen-bond donors (Lipinski definition) is 1. The maximum absolute atomic E-state index is 13.7. The smallest absolute Gasteiger partial charge is 0.127 e. The van der Waals surface area contributed by atoms with Crippen LogP contribution >= 0.6 is 0 Å². The summed E-state index contributed by atoms with van der Waals surface area (Å²) >= 11 is 0. The molecule has 4 heteroatoms. The molecule has 20 heavy (non-hydrogen) atoms. The molecule has 3 nitrogen and oxygen atoms in total. The number of aliphatic hydroxyl groups is 1. The fraction of sp³-hybridized carbons (Fsp3) is 0.625. The van der Waals surface area contributed by atoms with Gasteiger partial charge >= 0.3 is 0 Å². The predicted molar refractivity (Wildman–Crippen MR) is 79.0 cm³/mol. The van der Waals surface area contributed by atoms with Crippen molar-refractivity contribution in [3.8, 4) is 0 Å². The average Bonchev–Trinajstić information content (AvgIpc) is 2.95. The van der Waals surface area contributed by atoms with Gasteiger partial charge in [-0.05, 0) is 38.9 Å². The van der Waals surface area contributed by atoms with Gasteiger partial charge in [0.15, 0.2) is 0 Å². The van der Waals surface area contributed by atoms with E-state index in [0.29, 0.717) is 24.7 Å². The lowest BCUT2D eigenvalue weighted by Crippen LogP contribution is -2.41. The summed E-state index contributed by atoms with van der Waals surface area (Å²) in [5.41, 5.74) is 0.703. The number of hydrogen-bond acceptors (Lipinski definition) is 3. The Morgan fingerprint density at radius 1 is 1.30 bits per heavy atom. The van der Waals surface area contributed by atoms with Crippen molar-refractivity contribution < 1.29 is 9.50 Å². The van der Waals surface area contributed by atoms with Crippen molar-refractivity contribution in [1.82, 2.24) is 9.80 Å². The zero-order valence-corrected chi connectivity index (χ0v) is 12.3. The molecule has 0 bridgehead atoms. The zero-order valence-electron chi connectivity index (χ0n) is 12.3. The minimum Gasteiger partial charge on any atom is -0.395 e. The number of benzene rings is 1. The highest BCUT2D eigenvalue weighted by Gasteiger charge is 2.20. The van der Waals surface area contributed by atoms with Gasteiger partial charge in [0.2, 0.25) is 0 Å². The van der Waals surface area contributed by atoms with Crippen LogP contribution in [0.1, 0.15) is 25.3 Å². The number of aliphatic hydroxyl groups excluding tert-OH is 1. The topological polar surface area (TPSA) is 26.7 Å². The van der Waals surface area contributed by atoms with Crippen LogP contribution in [0.2, 0.25) is 0 Å². The number of likely N-dealkylation sites (tertiary alicyclic amines) is 1. The van der Waals surface area contributed by atoms with Crippen LogP contribution in [0.25, 0.3) is 0 Å². The molecule has 1 fully saturated rings. The summed E-state index contributed by atoms with van der Waals surface area (Å²) in [6.45, 7) is 6.67. The van der Waals surface area contributed by atoms with E-state index in [-0.39, 0.29) is 12.4 Å². The summed E-state index contributed by atoms with van der Waals surface area (Å²) in [5.74, 6) is -0.163. The van der Waals surface area contributed by atoms with Gasteiger partial charge in [-0.25, -0.2) is 4.39 Å². The normalized spacial score (nSPS) is 17.8. The molecular formula is C16H25FN2O. The molecule has 2 rings (SSSR count). The molecule has 112 valence electrons. The monoisotopic (exact) mass is 280 g/mol. The van der Waals surface area contributed by atoms with Gasteiger partial charge in [0.1, 0.15) is 5.82 Å². The third kappa shape index (κ3) is 4.27. The predicted octanol–water partition coefficient (Wildman–Crippen LogP) is 2.10. The van der Waals surface area contributed by atoms with Gasteiger partial charge in [0, 0.05) is 31.2 Å². The fourth-order valence-corrected chi connectivity index (χ4v) is 2.92. The van der Waals surface area contributed by atoms with Crippen LogP contribution in [-0.4, -0.2) is 53.7 Å². The van der Waals surface area contributed by atoms with Crippen molar-refractivity contribution >= 4 is 0 Å². The Labute approximate surface area is 121 Å². The lowest BCUT2D eigenvalue weighted by molar-refractivity contribution is 0.139. The van der Waals surface area contributed by atoms with E-state index in [1.54, 1.807) is 6.07 Å². The second-order valence-electron chi connectivity index (χ2n) is 5.64. The third-order valence-corrected chi connectivity index (χ3v) is 4.05. The second kappa shape index (κ2) is 7.72. The van der Waals surface area contributed by atoms with E-state index in [0.717, 1.165) is 19.6 Å². The highest BCUT2D eigenvalue weighted by molar-refractivity contribution is 5.17. The minimum atomic E-state index is -0.163. The highest BCUT2D eigenvalue weighted by atomic mass is 19.1. The summed E-state index contributed by atoms with van der Waals surface area (Å²) in [5, 5.41) is 9.21. The van der Waals surface area contributed by atoms with Crippen molar-refractivity contribution in [2.24, 2.45) is 0 Å². The van der Waals surface area contributed by atoms with Gasteiger partial charge in [-0.15, -0.1) is 0 Å². The molecule has 0 saturated carbocycles. The molecule has 1 aromatic rings. The first-order valence-corrected chi connectivity index (χ1v) is 7.51.